The van der Waals surface area contributed by atoms with E-state index in [1.165, 1.54) is 5.69 Å². The van der Waals surface area contributed by atoms with Crippen molar-refractivity contribution in [3.63, 3.8) is 0 Å². The molecule has 0 bridgehead atoms. The Balaban J connectivity index is 1.69. The molecule has 3 aromatic rings. The predicted octanol–water partition coefficient (Wildman–Crippen LogP) is 2.55. The third kappa shape index (κ3) is 2.92. The molecule has 0 spiro atoms. The van der Waals surface area contributed by atoms with E-state index in [9.17, 15) is 4.79 Å². The Hall–Kier alpha value is -2.89. The molecule has 0 aliphatic heterocycles. The first-order chi connectivity index (χ1) is 12.6. The zero-order valence-corrected chi connectivity index (χ0v) is 15.1. The second kappa shape index (κ2) is 6.78. The summed E-state index contributed by atoms with van der Waals surface area (Å²) in [5.74, 6) is 0.662. The molecule has 2 heterocycles. The van der Waals surface area contributed by atoms with Crippen LogP contribution in [-0.2, 0) is 26.9 Å². The van der Waals surface area contributed by atoms with E-state index in [0.29, 0.717) is 5.69 Å². The quantitative estimate of drug-likeness (QED) is 0.787. The van der Waals surface area contributed by atoms with Gasteiger partial charge in [0.25, 0.3) is 5.91 Å². The zero-order valence-electron chi connectivity index (χ0n) is 15.1. The summed E-state index contributed by atoms with van der Waals surface area (Å²) in [6, 6.07) is 9.61. The van der Waals surface area contributed by atoms with Crippen molar-refractivity contribution in [2.75, 3.05) is 0 Å². The van der Waals surface area contributed by atoms with Crippen LogP contribution in [-0.4, -0.2) is 25.2 Å². The van der Waals surface area contributed by atoms with E-state index in [1.807, 2.05) is 59.9 Å². The fourth-order valence-corrected chi connectivity index (χ4v) is 3.75. The molecule has 0 saturated heterocycles. The predicted molar refractivity (Wildman–Crippen MR) is 98.8 cm³/mol. The summed E-state index contributed by atoms with van der Waals surface area (Å²) in [6.07, 6.45) is 7.83. The number of rotatable bonds is 4. The van der Waals surface area contributed by atoms with Crippen LogP contribution in [0.15, 0.2) is 42.7 Å². The molecule has 134 valence electrons. The highest BCUT2D eigenvalue weighted by Gasteiger charge is 2.27. The minimum absolute atomic E-state index is 0.138. The lowest BCUT2D eigenvalue weighted by atomic mass is 9.95. The van der Waals surface area contributed by atoms with Gasteiger partial charge in [0.15, 0.2) is 5.69 Å². The molecule has 6 heteroatoms. The lowest BCUT2D eigenvalue weighted by molar-refractivity contribution is 0.0934. The fraction of sp³-hybridized carbons (Fsp3) is 0.350. The van der Waals surface area contributed by atoms with E-state index in [0.717, 1.165) is 42.6 Å². The maximum atomic E-state index is 13.1. The SMILES string of the molecule is Cn1ccnc1[C@H](NC(=O)c1nn(C)c2c1CCCC2)c1ccccc1. The van der Waals surface area contributed by atoms with Crippen molar-refractivity contribution in [2.45, 2.75) is 31.7 Å². The highest BCUT2D eigenvalue weighted by Crippen LogP contribution is 2.25. The maximum Gasteiger partial charge on any atom is 0.272 e. The van der Waals surface area contributed by atoms with E-state index in [-0.39, 0.29) is 11.9 Å². The number of fused-ring (bicyclic) bond motifs is 1. The van der Waals surface area contributed by atoms with Crippen molar-refractivity contribution in [3.8, 4) is 0 Å². The lowest BCUT2D eigenvalue weighted by Crippen LogP contribution is -2.32. The van der Waals surface area contributed by atoms with Crippen molar-refractivity contribution in [3.05, 3.63) is 71.1 Å². The first-order valence-electron chi connectivity index (χ1n) is 9.03. The summed E-state index contributed by atoms with van der Waals surface area (Å²) in [7, 11) is 3.86. The lowest BCUT2D eigenvalue weighted by Gasteiger charge is -2.19. The molecule has 6 nitrogen and oxygen atoms in total. The Morgan fingerprint density at radius 1 is 1.15 bits per heavy atom. The minimum atomic E-state index is -0.315. The maximum absolute atomic E-state index is 13.1. The summed E-state index contributed by atoms with van der Waals surface area (Å²) in [5, 5.41) is 7.68. The summed E-state index contributed by atoms with van der Waals surface area (Å²) in [4.78, 5) is 17.6. The highest BCUT2D eigenvalue weighted by molar-refractivity contribution is 5.94. The molecule has 1 aliphatic carbocycles. The topological polar surface area (TPSA) is 64.7 Å². The Labute approximate surface area is 152 Å². The van der Waals surface area contributed by atoms with Crippen molar-refractivity contribution in [1.29, 1.82) is 0 Å². The van der Waals surface area contributed by atoms with Crippen LogP contribution < -0.4 is 5.32 Å². The van der Waals surface area contributed by atoms with Crippen molar-refractivity contribution in [2.24, 2.45) is 14.1 Å². The number of carbonyl (C=O) groups excluding carboxylic acids is 1. The Morgan fingerprint density at radius 2 is 1.92 bits per heavy atom. The first-order valence-corrected chi connectivity index (χ1v) is 9.03. The molecular formula is C20H23N5O. The number of hydrogen-bond acceptors (Lipinski definition) is 3. The molecular weight excluding hydrogens is 326 g/mol. The molecule has 1 amide bonds. The summed E-state index contributed by atoms with van der Waals surface area (Å²) >= 11 is 0. The van der Waals surface area contributed by atoms with Gasteiger partial charge in [-0.15, -0.1) is 0 Å². The molecule has 2 aromatic heterocycles. The zero-order chi connectivity index (χ0) is 18.1. The van der Waals surface area contributed by atoms with Gasteiger partial charge in [-0.25, -0.2) is 4.98 Å². The van der Waals surface area contributed by atoms with Crippen molar-refractivity contribution < 1.29 is 4.79 Å². The Kier molecular flexibility index (Phi) is 4.32. The van der Waals surface area contributed by atoms with E-state index in [2.05, 4.69) is 15.4 Å². The average Bonchev–Trinajstić information content (AvgIpc) is 3.24. The Morgan fingerprint density at radius 3 is 2.65 bits per heavy atom. The number of benzene rings is 1. The van der Waals surface area contributed by atoms with Crippen LogP contribution in [0.3, 0.4) is 0 Å². The second-order valence-corrected chi connectivity index (χ2v) is 6.82. The number of carbonyl (C=O) groups is 1. The molecule has 26 heavy (non-hydrogen) atoms. The Bertz CT molecular complexity index is 925. The van der Waals surface area contributed by atoms with Crippen LogP contribution in [0.1, 0.15) is 52.0 Å². The van der Waals surface area contributed by atoms with Crippen molar-refractivity contribution in [1.82, 2.24) is 24.6 Å². The van der Waals surface area contributed by atoms with Gasteiger partial charge in [0.2, 0.25) is 0 Å². The molecule has 1 aliphatic rings. The number of imidazole rings is 1. The number of hydrogen-bond donors (Lipinski definition) is 1. The number of aromatic nitrogens is 4. The van der Waals surface area contributed by atoms with Gasteiger partial charge >= 0.3 is 0 Å². The number of amides is 1. The van der Waals surface area contributed by atoms with Crippen LogP contribution >= 0.6 is 0 Å². The average molecular weight is 349 g/mol. The van der Waals surface area contributed by atoms with Gasteiger partial charge in [-0.3, -0.25) is 9.48 Å². The third-order valence-corrected chi connectivity index (χ3v) is 5.11. The molecule has 1 N–H and O–H groups in total. The number of nitrogens with zero attached hydrogens (tertiary/aromatic N) is 4. The van der Waals surface area contributed by atoms with Crippen LogP contribution in [0.2, 0.25) is 0 Å². The van der Waals surface area contributed by atoms with Gasteiger partial charge in [0, 0.05) is 37.7 Å². The fourth-order valence-electron chi connectivity index (χ4n) is 3.75. The van der Waals surface area contributed by atoms with Gasteiger partial charge in [0.05, 0.1) is 0 Å². The van der Waals surface area contributed by atoms with Gasteiger partial charge in [-0.1, -0.05) is 30.3 Å². The van der Waals surface area contributed by atoms with Crippen LogP contribution in [0.5, 0.6) is 0 Å². The third-order valence-electron chi connectivity index (χ3n) is 5.11. The largest absolute Gasteiger partial charge is 0.337 e. The van der Waals surface area contributed by atoms with Gasteiger partial charge < -0.3 is 9.88 Å². The van der Waals surface area contributed by atoms with E-state index >= 15 is 0 Å². The van der Waals surface area contributed by atoms with Gasteiger partial charge in [0.1, 0.15) is 11.9 Å². The summed E-state index contributed by atoms with van der Waals surface area (Å²) in [5.41, 5.74) is 3.84. The van der Waals surface area contributed by atoms with E-state index in [4.69, 9.17) is 0 Å². The summed E-state index contributed by atoms with van der Waals surface area (Å²) < 4.78 is 3.80. The molecule has 4 rings (SSSR count). The molecule has 1 aromatic carbocycles. The standard InChI is InChI=1S/C20H23N5O/c1-24-13-12-21-19(24)17(14-8-4-3-5-9-14)22-20(26)18-15-10-6-7-11-16(15)25(2)23-18/h3-5,8-9,12-13,17H,6-7,10-11H2,1-2H3,(H,22,26)/t17-/m1/s1. The first kappa shape index (κ1) is 16.6. The molecule has 0 saturated carbocycles. The molecule has 0 unspecified atom stereocenters. The van der Waals surface area contributed by atoms with Crippen LogP contribution in [0, 0.1) is 0 Å². The highest BCUT2D eigenvalue weighted by atomic mass is 16.2. The summed E-state index contributed by atoms with van der Waals surface area (Å²) in [6.45, 7) is 0. The molecule has 0 radical (unpaired) electrons. The minimum Gasteiger partial charge on any atom is -0.337 e. The smallest absolute Gasteiger partial charge is 0.272 e. The van der Waals surface area contributed by atoms with Gasteiger partial charge in [-0.2, -0.15) is 5.10 Å². The monoisotopic (exact) mass is 349 g/mol. The second-order valence-electron chi connectivity index (χ2n) is 6.82. The van der Waals surface area contributed by atoms with E-state index < -0.39 is 0 Å². The van der Waals surface area contributed by atoms with Gasteiger partial charge in [-0.05, 0) is 31.2 Å². The molecule has 1 atom stereocenters. The number of aryl methyl sites for hydroxylation is 2. The molecule has 0 fully saturated rings. The van der Waals surface area contributed by atoms with Crippen molar-refractivity contribution >= 4 is 5.91 Å². The van der Waals surface area contributed by atoms with Crippen LogP contribution in [0.4, 0.5) is 0 Å². The van der Waals surface area contributed by atoms with Crippen LogP contribution in [0.25, 0.3) is 0 Å². The number of nitrogens with one attached hydrogen (secondary N) is 1. The van der Waals surface area contributed by atoms with E-state index in [1.54, 1.807) is 6.20 Å². The normalized spacial score (nSPS) is 14.7.